The lowest BCUT2D eigenvalue weighted by Gasteiger charge is -2.21. The van der Waals surface area contributed by atoms with E-state index in [2.05, 4.69) is 51.7 Å². The number of nitrogens with zero attached hydrogens (tertiary/aromatic N) is 2. The average molecular weight is 390 g/mol. The van der Waals surface area contributed by atoms with E-state index < -0.39 is 0 Å². The first-order valence-electron chi connectivity index (χ1n) is 6.55. The van der Waals surface area contributed by atoms with Crippen LogP contribution in [0.1, 0.15) is 42.9 Å². The van der Waals surface area contributed by atoms with Gasteiger partial charge in [-0.3, -0.25) is 11.3 Å². The molecule has 7 heteroatoms. The summed E-state index contributed by atoms with van der Waals surface area (Å²) in [4.78, 5) is 1.06. The zero-order valence-corrected chi connectivity index (χ0v) is 15.3. The molecule has 2 rings (SSSR count). The van der Waals surface area contributed by atoms with E-state index >= 15 is 0 Å². The molecule has 0 saturated heterocycles. The molecule has 2 aromatic rings. The number of halogens is 2. The van der Waals surface area contributed by atoms with E-state index in [1.165, 1.54) is 11.5 Å². The molecule has 1 aromatic carbocycles. The number of nitrogens with one attached hydrogen (secondary N) is 1. The van der Waals surface area contributed by atoms with Gasteiger partial charge in [-0.2, -0.15) is 0 Å². The summed E-state index contributed by atoms with van der Waals surface area (Å²) in [5, 5.41) is 4.99. The van der Waals surface area contributed by atoms with Crippen molar-refractivity contribution in [2.24, 2.45) is 5.84 Å². The maximum atomic E-state index is 6.30. The Balaban J connectivity index is 2.31. The molecule has 0 saturated carbocycles. The van der Waals surface area contributed by atoms with Crippen molar-refractivity contribution in [1.29, 1.82) is 0 Å². The number of aromatic nitrogens is 2. The molecule has 3 N–H and O–H groups in total. The monoisotopic (exact) mass is 388 g/mol. The maximum Gasteiger partial charge on any atom is 0.0857 e. The molecular formula is C14H18BrClN4S. The van der Waals surface area contributed by atoms with Crippen molar-refractivity contribution < 1.29 is 0 Å². The summed E-state index contributed by atoms with van der Waals surface area (Å²) in [5.41, 5.74) is 4.81. The molecule has 0 aliphatic rings. The van der Waals surface area contributed by atoms with Gasteiger partial charge in [0.15, 0.2) is 0 Å². The minimum atomic E-state index is -0.0685. The number of hydrazine groups is 1. The minimum absolute atomic E-state index is 0.0575. The van der Waals surface area contributed by atoms with Gasteiger partial charge in [0.25, 0.3) is 0 Å². The van der Waals surface area contributed by atoms with Crippen LogP contribution in [-0.2, 0) is 11.8 Å². The number of hydrogen-bond acceptors (Lipinski definition) is 5. The standard InChI is InChI=1S/C14H18BrClN4S/c1-14(2,3)13-12(21-20-19-13)11(18-17)6-8-4-5-9(15)7-10(8)16/h4-5,7,11,18H,6,17H2,1-3H3. The van der Waals surface area contributed by atoms with Crippen LogP contribution < -0.4 is 11.3 Å². The molecule has 0 amide bonds. The third-order valence-electron chi connectivity index (χ3n) is 3.18. The van der Waals surface area contributed by atoms with E-state index in [-0.39, 0.29) is 11.5 Å². The van der Waals surface area contributed by atoms with Crippen LogP contribution in [-0.4, -0.2) is 9.59 Å². The largest absolute Gasteiger partial charge is 0.271 e. The fourth-order valence-corrected chi connectivity index (χ4v) is 3.75. The molecule has 0 bridgehead atoms. The first-order chi connectivity index (χ1) is 9.82. The Bertz CT molecular complexity index is 624. The highest BCUT2D eigenvalue weighted by Crippen LogP contribution is 2.33. The minimum Gasteiger partial charge on any atom is -0.271 e. The summed E-state index contributed by atoms with van der Waals surface area (Å²) in [6.45, 7) is 6.36. The quantitative estimate of drug-likeness (QED) is 0.613. The van der Waals surface area contributed by atoms with Gasteiger partial charge in [-0.05, 0) is 35.6 Å². The summed E-state index contributed by atoms with van der Waals surface area (Å²) in [7, 11) is 0. The summed E-state index contributed by atoms with van der Waals surface area (Å²) >= 11 is 11.1. The second kappa shape index (κ2) is 6.71. The average Bonchev–Trinajstić information content (AvgIpc) is 2.87. The topological polar surface area (TPSA) is 63.8 Å². The van der Waals surface area contributed by atoms with Gasteiger partial charge in [-0.1, -0.05) is 58.9 Å². The van der Waals surface area contributed by atoms with Crippen LogP contribution in [0.2, 0.25) is 5.02 Å². The van der Waals surface area contributed by atoms with Crippen LogP contribution in [0.15, 0.2) is 22.7 Å². The van der Waals surface area contributed by atoms with Gasteiger partial charge in [0.2, 0.25) is 0 Å². The van der Waals surface area contributed by atoms with Crippen molar-refractivity contribution in [1.82, 2.24) is 15.0 Å². The Morgan fingerprint density at radius 1 is 1.43 bits per heavy atom. The third-order valence-corrected chi connectivity index (χ3v) is 4.86. The van der Waals surface area contributed by atoms with Gasteiger partial charge in [-0.25, -0.2) is 0 Å². The van der Waals surface area contributed by atoms with Gasteiger partial charge >= 0.3 is 0 Å². The Labute approximate surface area is 142 Å². The SMILES string of the molecule is CC(C)(C)c1nnsc1C(Cc1ccc(Br)cc1Cl)NN. The highest BCUT2D eigenvalue weighted by atomic mass is 79.9. The molecule has 0 radical (unpaired) electrons. The second-order valence-corrected chi connectivity index (χ2v) is 8.00. The van der Waals surface area contributed by atoms with Crippen LogP contribution in [0.4, 0.5) is 0 Å². The Morgan fingerprint density at radius 2 is 2.14 bits per heavy atom. The highest BCUT2D eigenvalue weighted by molar-refractivity contribution is 9.10. The molecule has 1 aromatic heterocycles. The van der Waals surface area contributed by atoms with E-state index in [9.17, 15) is 0 Å². The number of nitrogens with two attached hydrogens (primary N) is 1. The summed E-state index contributed by atoms with van der Waals surface area (Å²) < 4.78 is 5.05. The molecular weight excluding hydrogens is 372 g/mol. The van der Waals surface area contributed by atoms with Crippen molar-refractivity contribution in [3.05, 3.63) is 43.8 Å². The summed E-state index contributed by atoms with van der Waals surface area (Å²) in [5.74, 6) is 5.75. The first kappa shape index (κ1) is 16.8. The van der Waals surface area contributed by atoms with Crippen molar-refractivity contribution in [3.63, 3.8) is 0 Å². The zero-order valence-electron chi connectivity index (χ0n) is 12.2. The van der Waals surface area contributed by atoms with Crippen LogP contribution >= 0.6 is 39.1 Å². The van der Waals surface area contributed by atoms with Crippen molar-refractivity contribution >= 4 is 39.1 Å². The van der Waals surface area contributed by atoms with Crippen LogP contribution in [0.5, 0.6) is 0 Å². The van der Waals surface area contributed by atoms with E-state index in [4.69, 9.17) is 17.4 Å². The Kier molecular flexibility index (Phi) is 5.38. The van der Waals surface area contributed by atoms with Crippen LogP contribution in [0, 0.1) is 0 Å². The highest BCUT2D eigenvalue weighted by Gasteiger charge is 2.27. The Morgan fingerprint density at radius 3 is 2.71 bits per heavy atom. The molecule has 1 unspecified atom stereocenters. The van der Waals surface area contributed by atoms with Gasteiger partial charge < -0.3 is 0 Å². The van der Waals surface area contributed by atoms with Crippen LogP contribution in [0.25, 0.3) is 0 Å². The molecule has 0 fully saturated rings. The third kappa shape index (κ3) is 4.02. The number of benzene rings is 1. The van der Waals surface area contributed by atoms with Gasteiger partial charge in [0.1, 0.15) is 0 Å². The predicted molar refractivity (Wildman–Crippen MR) is 91.5 cm³/mol. The number of hydrogen-bond donors (Lipinski definition) is 2. The van der Waals surface area contributed by atoms with E-state index in [0.29, 0.717) is 6.42 Å². The zero-order chi connectivity index (χ0) is 15.6. The lowest BCUT2D eigenvalue weighted by Crippen LogP contribution is -2.31. The lowest BCUT2D eigenvalue weighted by atomic mass is 9.89. The summed E-state index contributed by atoms with van der Waals surface area (Å²) in [6.07, 6.45) is 0.690. The smallest absolute Gasteiger partial charge is 0.0857 e. The van der Waals surface area contributed by atoms with Crippen molar-refractivity contribution in [2.75, 3.05) is 0 Å². The predicted octanol–water partition coefficient (Wildman–Crippen LogP) is 4.00. The van der Waals surface area contributed by atoms with Crippen molar-refractivity contribution in [3.8, 4) is 0 Å². The van der Waals surface area contributed by atoms with E-state index in [1.807, 2.05) is 18.2 Å². The molecule has 0 aliphatic heterocycles. The second-order valence-electron chi connectivity index (χ2n) is 5.89. The molecule has 1 heterocycles. The molecule has 0 aliphatic carbocycles. The first-order valence-corrected chi connectivity index (χ1v) is 8.50. The van der Waals surface area contributed by atoms with Crippen molar-refractivity contribution in [2.45, 2.75) is 38.6 Å². The lowest BCUT2D eigenvalue weighted by molar-refractivity contribution is 0.515. The maximum absolute atomic E-state index is 6.30. The fourth-order valence-electron chi connectivity index (χ4n) is 2.08. The van der Waals surface area contributed by atoms with E-state index in [0.717, 1.165) is 25.6 Å². The number of rotatable bonds is 4. The normalized spacial score (nSPS) is 13.4. The molecule has 0 spiro atoms. The summed E-state index contributed by atoms with van der Waals surface area (Å²) in [6, 6.07) is 5.81. The molecule has 21 heavy (non-hydrogen) atoms. The van der Waals surface area contributed by atoms with Gasteiger partial charge in [0, 0.05) is 14.9 Å². The van der Waals surface area contributed by atoms with Gasteiger partial charge in [0.05, 0.1) is 16.6 Å². The van der Waals surface area contributed by atoms with E-state index in [1.54, 1.807) is 0 Å². The molecule has 114 valence electrons. The Hall–Kier alpha value is -0.530. The van der Waals surface area contributed by atoms with Crippen LogP contribution in [0.3, 0.4) is 0 Å². The van der Waals surface area contributed by atoms with Gasteiger partial charge in [-0.15, -0.1) is 5.10 Å². The molecule has 4 nitrogen and oxygen atoms in total. The molecule has 1 atom stereocenters. The fraction of sp³-hybridized carbons (Fsp3) is 0.429.